The molecule has 1 aliphatic heterocycles. The number of phenols is 1. The molecule has 0 saturated heterocycles. The number of ether oxygens (including phenoxy) is 1. The zero-order valence-electron chi connectivity index (χ0n) is 10.4. The van der Waals surface area contributed by atoms with Crippen molar-refractivity contribution in [1.82, 2.24) is 0 Å². The normalized spacial score (nSPS) is 17.4. The molecule has 1 aliphatic rings. The van der Waals surface area contributed by atoms with Crippen LogP contribution in [0.4, 0.5) is 13.2 Å². The minimum absolute atomic E-state index is 0.00243. The van der Waals surface area contributed by atoms with Gasteiger partial charge in [-0.3, -0.25) is 0 Å². The lowest BCUT2D eigenvalue weighted by Crippen LogP contribution is -2.16. The Bertz CT molecular complexity index is 670. The number of hydrogen-bond donors (Lipinski definition) is 1. The second-order valence-electron chi connectivity index (χ2n) is 4.73. The van der Waals surface area contributed by atoms with Gasteiger partial charge in [-0.25, -0.2) is 13.2 Å². The molecule has 3 rings (SSSR count). The highest BCUT2D eigenvalue weighted by molar-refractivity contribution is 5.42. The average molecular weight is 280 g/mol. The molecule has 0 fully saturated rings. The van der Waals surface area contributed by atoms with Gasteiger partial charge in [-0.05, 0) is 42.7 Å². The maximum atomic E-state index is 13.7. The van der Waals surface area contributed by atoms with Crippen molar-refractivity contribution in [2.45, 2.75) is 18.9 Å². The maximum absolute atomic E-state index is 13.7. The summed E-state index contributed by atoms with van der Waals surface area (Å²) in [4.78, 5) is 0. The van der Waals surface area contributed by atoms with Gasteiger partial charge in [0.25, 0.3) is 0 Å². The fourth-order valence-corrected chi connectivity index (χ4v) is 2.38. The van der Waals surface area contributed by atoms with E-state index in [-0.39, 0.29) is 11.3 Å². The van der Waals surface area contributed by atoms with Gasteiger partial charge in [0.15, 0.2) is 11.6 Å². The molecule has 2 aromatic carbocycles. The molecule has 0 amide bonds. The van der Waals surface area contributed by atoms with E-state index in [9.17, 15) is 18.3 Å². The monoisotopic (exact) mass is 280 g/mol. The fraction of sp³-hybridized carbons (Fsp3) is 0.200. The molecular formula is C15H11F3O2. The summed E-state index contributed by atoms with van der Waals surface area (Å²) in [6.45, 7) is 0. The number of aromatic hydroxyl groups is 1. The van der Waals surface area contributed by atoms with Gasteiger partial charge in [-0.2, -0.15) is 0 Å². The van der Waals surface area contributed by atoms with E-state index in [1.54, 1.807) is 12.1 Å². The molecule has 1 atom stereocenters. The van der Waals surface area contributed by atoms with Crippen LogP contribution >= 0.6 is 0 Å². The summed E-state index contributed by atoms with van der Waals surface area (Å²) >= 11 is 0. The van der Waals surface area contributed by atoms with Crippen molar-refractivity contribution < 1.29 is 23.0 Å². The quantitative estimate of drug-likeness (QED) is 0.803. The highest BCUT2D eigenvalue weighted by atomic mass is 19.2. The van der Waals surface area contributed by atoms with Gasteiger partial charge in [0.05, 0.1) is 0 Å². The summed E-state index contributed by atoms with van der Waals surface area (Å²) in [5, 5.41) is 9.38. The van der Waals surface area contributed by atoms with E-state index in [1.165, 1.54) is 6.07 Å². The first-order valence-electron chi connectivity index (χ1n) is 6.17. The number of aryl methyl sites for hydroxylation is 1. The van der Waals surface area contributed by atoms with Crippen LogP contribution in [0.5, 0.6) is 11.5 Å². The van der Waals surface area contributed by atoms with Crippen LogP contribution in [0.3, 0.4) is 0 Å². The lowest BCUT2D eigenvalue weighted by molar-refractivity contribution is 0.171. The maximum Gasteiger partial charge on any atom is 0.161 e. The smallest absolute Gasteiger partial charge is 0.161 e. The van der Waals surface area contributed by atoms with Crippen molar-refractivity contribution in [3.8, 4) is 11.5 Å². The third-order valence-corrected chi connectivity index (χ3v) is 3.38. The summed E-state index contributed by atoms with van der Waals surface area (Å²) in [6, 6.07) is 5.98. The van der Waals surface area contributed by atoms with E-state index in [4.69, 9.17) is 4.74 Å². The molecule has 104 valence electrons. The minimum Gasteiger partial charge on any atom is -0.508 e. The van der Waals surface area contributed by atoms with E-state index in [0.717, 1.165) is 11.6 Å². The summed E-state index contributed by atoms with van der Waals surface area (Å²) in [5.74, 6) is -2.49. The molecule has 0 saturated carbocycles. The minimum atomic E-state index is -1.22. The third-order valence-electron chi connectivity index (χ3n) is 3.38. The Balaban J connectivity index is 1.94. The number of hydrogen-bond acceptors (Lipinski definition) is 2. The van der Waals surface area contributed by atoms with Crippen molar-refractivity contribution in [3.05, 3.63) is 58.9 Å². The number of phenolic OH excluding ortho intramolecular Hbond substituents is 1. The Morgan fingerprint density at radius 2 is 1.75 bits per heavy atom. The van der Waals surface area contributed by atoms with E-state index in [0.29, 0.717) is 24.7 Å². The molecule has 0 radical (unpaired) electrons. The van der Waals surface area contributed by atoms with E-state index >= 15 is 0 Å². The first-order valence-corrected chi connectivity index (χ1v) is 6.17. The van der Waals surface area contributed by atoms with Crippen molar-refractivity contribution in [3.63, 3.8) is 0 Å². The van der Waals surface area contributed by atoms with E-state index in [1.807, 2.05) is 0 Å². The molecule has 20 heavy (non-hydrogen) atoms. The first-order chi connectivity index (χ1) is 9.54. The van der Waals surface area contributed by atoms with Gasteiger partial charge in [-0.1, -0.05) is 0 Å². The highest BCUT2D eigenvalue weighted by Crippen LogP contribution is 2.37. The summed E-state index contributed by atoms with van der Waals surface area (Å²) in [6.07, 6.45) is 0.327. The standard InChI is InChI=1S/C15H11F3O2/c16-11-7-13(18)12(17)6-10(11)15-3-1-8-5-9(19)2-4-14(8)20-15/h2,4-7,15,19H,1,3H2. The van der Waals surface area contributed by atoms with Crippen LogP contribution in [0.15, 0.2) is 30.3 Å². The van der Waals surface area contributed by atoms with Gasteiger partial charge >= 0.3 is 0 Å². The summed E-state index contributed by atoms with van der Waals surface area (Å²) in [7, 11) is 0. The van der Waals surface area contributed by atoms with Gasteiger partial charge in [0.2, 0.25) is 0 Å². The molecule has 1 heterocycles. The van der Waals surface area contributed by atoms with Crippen LogP contribution in [0, 0.1) is 17.5 Å². The lowest BCUT2D eigenvalue weighted by Gasteiger charge is -2.26. The molecule has 2 aromatic rings. The Labute approximate surface area is 113 Å². The molecule has 0 spiro atoms. The van der Waals surface area contributed by atoms with E-state index < -0.39 is 23.6 Å². The third kappa shape index (κ3) is 2.19. The number of benzene rings is 2. The zero-order valence-corrected chi connectivity index (χ0v) is 10.4. The largest absolute Gasteiger partial charge is 0.508 e. The molecule has 1 N–H and O–H groups in total. The van der Waals surface area contributed by atoms with Gasteiger partial charge in [-0.15, -0.1) is 0 Å². The predicted octanol–water partition coefficient (Wildman–Crippen LogP) is 3.88. The van der Waals surface area contributed by atoms with Crippen LogP contribution in [0.25, 0.3) is 0 Å². The van der Waals surface area contributed by atoms with Crippen molar-refractivity contribution >= 4 is 0 Å². The summed E-state index contributed by atoms with van der Waals surface area (Å²) in [5.41, 5.74) is 0.812. The van der Waals surface area contributed by atoms with Crippen LogP contribution in [0.2, 0.25) is 0 Å². The average Bonchev–Trinajstić information content (AvgIpc) is 2.42. The Morgan fingerprint density at radius 1 is 1.00 bits per heavy atom. The Morgan fingerprint density at radius 3 is 2.55 bits per heavy atom. The predicted molar refractivity (Wildman–Crippen MR) is 66.1 cm³/mol. The molecule has 2 nitrogen and oxygen atoms in total. The van der Waals surface area contributed by atoms with Crippen LogP contribution in [-0.2, 0) is 6.42 Å². The van der Waals surface area contributed by atoms with Crippen molar-refractivity contribution in [2.24, 2.45) is 0 Å². The van der Waals surface area contributed by atoms with Crippen molar-refractivity contribution in [1.29, 1.82) is 0 Å². The van der Waals surface area contributed by atoms with Crippen LogP contribution < -0.4 is 4.74 Å². The number of halogens is 3. The zero-order chi connectivity index (χ0) is 14.3. The van der Waals surface area contributed by atoms with Gasteiger partial charge in [0, 0.05) is 11.6 Å². The SMILES string of the molecule is Oc1ccc2c(c1)CCC(c1cc(F)c(F)cc1F)O2. The first kappa shape index (κ1) is 12.8. The molecule has 1 unspecified atom stereocenters. The van der Waals surface area contributed by atoms with Crippen LogP contribution in [-0.4, -0.2) is 5.11 Å². The second-order valence-corrected chi connectivity index (χ2v) is 4.73. The molecule has 5 heteroatoms. The number of rotatable bonds is 1. The summed E-state index contributed by atoms with van der Waals surface area (Å²) < 4.78 is 45.5. The molecular weight excluding hydrogens is 269 g/mol. The second kappa shape index (κ2) is 4.74. The highest BCUT2D eigenvalue weighted by Gasteiger charge is 2.25. The van der Waals surface area contributed by atoms with Gasteiger partial charge < -0.3 is 9.84 Å². The topological polar surface area (TPSA) is 29.5 Å². The van der Waals surface area contributed by atoms with Crippen molar-refractivity contribution in [2.75, 3.05) is 0 Å². The van der Waals surface area contributed by atoms with E-state index in [2.05, 4.69) is 0 Å². The molecule has 0 aromatic heterocycles. The van der Waals surface area contributed by atoms with Gasteiger partial charge in [0.1, 0.15) is 23.4 Å². The molecule has 0 bridgehead atoms. The Kier molecular flexibility index (Phi) is 3.04. The number of fused-ring (bicyclic) bond motifs is 1. The van der Waals surface area contributed by atoms with Crippen LogP contribution in [0.1, 0.15) is 23.7 Å². The Hall–Kier alpha value is -2.17. The fourth-order valence-electron chi connectivity index (χ4n) is 2.38. The molecule has 0 aliphatic carbocycles. The lowest BCUT2D eigenvalue weighted by atomic mass is 9.97.